The third-order valence-corrected chi connectivity index (χ3v) is 9.58. The maximum absolute atomic E-state index is 15.6. The molecule has 1 saturated carbocycles. The maximum Gasteiger partial charge on any atom is 0.491 e. The molecule has 1 unspecified atom stereocenters. The zero-order valence-electron chi connectivity index (χ0n) is 24.2. The van der Waals surface area contributed by atoms with Crippen molar-refractivity contribution < 1.29 is 45.0 Å². The van der Waals surface area contributed by atoms with Gasteiger partial charge in [-0.05, 0) is 79.2 Å². The van der Waals surface area contributed by atoms with E-state index in [9.17, 15) is 31.2 Å². The van der Waals surface area contributed by atoms with Crippen LogP contribution < -0.4 is 21.1 Å². The molecule has 15 heteroatoms. The Morgan fingerprint density at radius 3 is 2.48 bits per heavy atom. The monoisotopic (exact) mass is 660 g/mol. The number of hydrogen-bond donors (Lipinski definition) is 3. The van der Waals surface area contributed by atoms with Gasteiger partial charge in [0.25, 0.3) is 11.6 Å². The van der Waals surface area contributed by atoms with Crippen LogP contribution in [0.15, 0.2) is 77.8 Å². The van der Waals surface area contributed by atoms with Crippen molar-refractivity contribution in [3.63, 3.8) is 0 Å². The van der Waals surface area contributed by atoms with Crippen LogP contribution in [-0.2, 0) is 36.4 Å². The van der Waals surface area contributed by atoms with Gasteiger partial charge in [-0.3, -0.25) is 4.79 Å². The Labute approximate surface area is 260 Å². The summed E-state index contributed by atoms with van der Waals surface area (Å²) in [6.45, 7) is 1.15. The summed E-state index contributed by atoms with van der Waals surface area (Å²) in [4.78, 5) is 30.5. The summed E-state index contributed by atoms with van der Waals surface area (Å²) in [7, 11) is -3.75. The van der Waals surface area contributed by atoms with Crippen LogP contribution in [0.25, 0.3) is 10.8 Å². The van der Waals surface area contributed by atoms with Crippen molar-refractivity contribution in [2.75, 3.05) is 17.7 Å². The van der Waals surface area contributed by atoms with E-state index < -0.39 is 56.8 Å². The summed E-state index contributed by atoms with van der Waals surface area (Å²) in [6, 6.07) is 14.5. The lowest BCUT2D eigenvalue weighted by Crippen LogP contribution is -2.55. The molecule has 1 atom stereocenters. The van der Waals surface area contributed by atoms with E-state index in [1.165, 1.54) is 60.8 Å². The number of nitrogen functional groups attached to an aromatic ring is 1. The topological polar surface area (TPSA) is 150 Å². The molecule has 1 amide bonds. The molecule has 0 aliphatic heterocycles. The number of aromatic nitrogens is 1. The number of ether oxygens (including phenoxy) is 2. The first-order chi connectivity index (χ1) is 21.8. The lowest BCUT2D eigenvalue weighted by atomic mass is 9.98. The molecule has 1 aromatic heterocycles. The summed E-state index contributed by atoms with van der Waals surface area (Å²) >= 11 is 0. The second-order valence-corrected chi connectivity index (χ2v) is 12.6. The molecule has 1 aliphatic rings. The molecular weight excluding hydrogens is 632 g/mol. The molecule has 0 saturated heterocycles. The van der Waals surface area contributed by atoms with Crippen LogP contribution in [0.1, 0.15) is 30.9 Å². The van der Waals surface area contributed by atoms with Crippen molar-refractivity contribution in [1.82, 2.24) is 10.3 Å². The SMILES string of the molecule is CCOc1ccc(F)c(C(Nc2ccc3c(N)nccc3c2)(OC(=O)C(F)(F)F)C(=O)NCc2ccccc2S(=O)(=O)C2CC2)c1. The Morgan fingerprint density at radius 2 is 1.78 bits per heavy atom. The Kier molecular flexibility index (Phi) is 8.80. The lowest BCUT2D eigenvalue weighted by molar-refractivity contribution is -0.213. The molecule has 5 rings (SSSR count). The number of hydrogen-bond acceptors (Lipinski definition) is 9. The van der Waals surface area contributed by atoms with Crippen molar-refractivity contribution in [3.05, 3.63) is 89.9 Å². The second kappa shape index (κ2) is 12.5. The van der Waals surface area contributed by atoms with E-state index in [1.54, 1.807) is 6.92 Å². The number of nitrogens with zero attached hydrogens (tertiary/aromatic N) is 1. The Bertz CT molecular complexity index is 1920. The highest BCUT2D eigenvalue weighted by Gasteiger charge is 2.53. The molecule has 3 aromatic carbocycles. The lowest BCUT2D eigenvalue weighted by Gasteiger charge is -2.34. The van der Waals surface area contributed by atoms with E-state index >= 15 is 4.39 Å². The van der Waals surface area contributed by atoms with Crippen molar-refractivity contribution in [2.24, 2.45) is 0 Å². The number of carbonyl (C=O) groups is 2. The van der Waals surface area contributed by atoms with Gasteiger partial charge < -0.3 is 25.8 Å². The number of halogens is 4. The molecule has 46 heavy (non-hydrogen) atoms. The molecule has 1 fully saturated rings. The number of amides is 1. The van der Waals surface area contributed by atoms with Crippen LogP contribution in [0.4, 0.5) is 29.1 Å². The highest BCUT2D eigenvalue weighted by atomic mass is 32.2. The van der Waals surface area contributed by atoms with Crippen LogP contribution in [-0.4, -0.2) is 43.3 Å². The normalized spacial score (nSPS) is 14.7. The molecular formula is C31H28F4N4O6S. The quantitative estimate of drug-likeness (QED) is 0.115. The highest BCUT2D eigenvalue weighted by molar-refractivity contribution is 7.92. The molecule has 0 bridgehead atoms. The number of sulfone groups is 1. The first kappa shape index (κ1) is 32.5. The van der Waals surface area contributed by atoms with E-state index in [2.05, 4.69) is 15.6 Å². The average molecular weight is 661 g/mol. The Hall–Kier alpha value is -4.92. The molecule has 1 heterocycles. The molecule has 4 aromatic rings. The first-order valence-electron chi connectivity index (χ1n) is 14.0. The van der Waals surface area contributed by atoms with Gasteiger partial charge in [0.05, 0.1) is 22.3 Å². The fourth-order valence-corrected chi connectivity index (χ4v) is 6.76. The summed E-state index contributed by atoms with van der Waals surface area (Å²) in [6.07, 6.45) is -3.29. The van der Waals surface area contributed by atoms with Crippen LogP contribution in [0.5, 0.6) is 5.75 Å². The fraction of sp³-hybridized carbons (Fsp3) is 0.258. The first-order valence-corrected chi connectivity index (χ1v) is 15.6. The predicted octanol–water partition coefficient (Wildman–Crippen LogP) is 4.98. The zero-order chi connectivity index (χ0) is 33.3. The van der Waals surface area contributed by atoms with Gasteiger partial charge in [0.15, 0.2) is 9.84 Å². The molecule has 10 nitrogen and oxygen atoms in total. The van der Waals surface area contributed by atoms with E-state index in [1.807, 2.05) is 0 Å². The fourth-order valence-electron chi connectivity index (χ4n) is 4.87. The Balaban J connectivity index is 1.65. The molecule has 4 N–H and O–H groups in total. The third kappa shape index (κ3) is 6.54. The van der Waals surface area contributed by atoms with Crippen molar-refractivity contribution in [1.29, 1.82) is 0 Å². The van der Waals surface area contributed by atoms with Crippen molar-refractivity contribution in [2.45, 2.75) is 48.4 Å². The minimum absolute atomic E-state index is 0.0424. The van der Waals surface area contributed by atoms with Gasteiger partial charge in [-0.1, -0.05) is 18.2 Å². The van der Waals surface area contributed by atoms with E-state index in [0.717, 1.165) is 12.1 Å². The average Bonchev–Trinajstić information content (AvgIpc) is 3.87. The van der Waals surface area contributed by atoms with Gasteiger partial charge >= 0.3 is 12.1 Å². The minimum Gasteiger partial charge on any atom is -0.494 e. The molecule has 242 valence electrons. The van der Waals surface area contributed by atoms with Gasteiger partial charge in [-0.2, -0.15) is 13.2 Å². The summed E-state index contributed by atoms with van der Waals surface area (Å²) in [5, 5.41) is 5.19. The number of carbonyl (C=O) groups excluding carboxylic acids is 2. The summed E-state index contributed by atoms with van der Waals surface area (Å²) in [5.74, 6) is -5.36. The van der Waals surface area contributed by atoms with Gasteiger partial charge in [-0.25, -0.2) is 22.6 Å². The van der Waals surface area contributed by atoms with Gasteiger partial charge in [0.2, 0.25) is 0 Å². The van der Waals surface area contributed by atoms with Crippen LogP contribution in [0.2, 0.25) is 0 Å². The van der Waals surface area contributed by atoms with E-state index in [4.69, 9.17) is 15.2 Å². The van der Waals surface area contributed by atoms with Gasteiger partial charge in [0.1, 0.15) is 17.4 Å². The summed E-state index contributed by atoms with van der Waals surface area (Å²) < 4.78 is 93.2. The molecule has 0 spiro atoms. The number of nitrogens with two attached hydrogens (primary N) is 1. The van der Waals surface area contributed by atoms with Gasteiger partial charge in [0, 0.05) is 23.8 Å². The molecule has 0 radical (unpaired) electrons. The smallest absolute Gasteiger partial charge is 0.491 e. The summed E-state index contributed by atoms with van der Waals surface area (Å²) in [5.41, 5.74) is 1.96. The van der Waals surface area contributed by atoms with Crippen LogP contribution in [0, 0.1) is 5.82 Å². The Morgan fingerprint density at radius 1 is 1.04 bits per heavy atom. The van der Waals surface area contributed by atoms with Crippen molar-refractivity contribution in [3.8, 4) is 5.75 Å². The number of fused-ring (bicyclic) bond motifs is 1. The highest BCUT2D eigenvalue weighted by Crippen LogP contribution is 2.38. The van der Waals surface area contributed by atoms with E-state index in [-0.39, 0.29) is 34.3 Å². The van der Waals surface area contributed by atoms with Crippen LogP contribution in [0.3, 0.4) is 0 Å². The third-order valence-electron chi connectivity index (χ3n) is 7.22. The van der Waals surface area contributed by atoms with Crippen molar-refractivity contribution >= 4 is 44.0 Å². The van der Waals surface area contributed by atoms with Crippen LogP contribution >= 0.6 is 0 Å². The van der Waals surface area contributed by atoms with Gasteiger partial charge in [-0.15, -0.1) is 0 Å². The maximum atomic E-state index is 15.6. The number of rotatable bonds is 11. The number of alkyl halides is 3. The number of benzene rings is 3. The second-order valence-electron chi connectivity index (χ2n) is 10.4. The standard InChI is InChI=1S/C31H28F4N4O6S/c1-2-44-21-8-12-25(32)24(16-21)30(45-29(41)31(33,34)35,39-20-7-11-23-18(15-20)13-14-37-27(23)36)28(40)38-17-19-5-3-4-6-26(19)46(42,43)22-9-10-22/h3-8,11-16,22,39H,2,9-10,17H2,1H3,(H2,36,37)(H,38,40). The number of pyridine rings is 1. The van der Waals surface area contributed by atoms with E-state index in [0.29, 0.717) is 23.6 Å². The number of anilines is 2. The largest absolute Gasteiger partial charge is 0.494 e. The number of esters is 1. The number of nitrogens with one attached hydrogen (secondary N) is 2. The minimum atomic E-state index is -5.60. The zero-order valence-corrected chi connectivity index (χ0v) is 25.0. The predicted molar refractivity (Wildman–Crippen MR) is 160 cm³/mol. The molecule has 1 aliphatic carbocycles.